The van der Waals surface area contributed by atoms with Crippen LogP contribution in [0.4, 0.5) is 0 Å². The molecular formula is C11H14N4O4. The normalized spacial score (nSPS) is 22.7. The second-order valence-corrected chi connectivity index (χ2v) is 4.69. The lowest BCUT2D eigenvalue weighted by Gasteiger charge is -2.25. The summed E-state index contributed by atoms with van der Waals surface area (Å²) in [7, 11) is 0. The van der Waals surface area contributed by atoms with Gasteiger partial charge in [-0.15, -0.1) is 0 Å². The molecule has 1 aromatic rings. The van der Waals surface area contributed by atoms with Gasteiger partial charge in [-0.3, -0.25) is 9.97 Å². The average molecular weight is 266 g/mol. The summed E-state index contributed by atoms with van der Waals surface area (Å²) in [6.45, 7) is 0.266. The molecule has 0 spiro atoms. The second-order valence-electron chi connectivity index (χ2n) is 4.69. The van der Waals surface area contributed by atoms with Gasteiger partial charge in [-0.1, -0.05) is 0 Å². The molecule has 0 amide bonds. The summed E-state index contributed by atoms with van der Waals surface area (Å²) >= 11 is 0. The number of hydrogen-bond acceptors (Lipinski definition) is 5. The van der Waals surface area contributed by atoms with Gasteiger partial charge in [-0.25, -0.2) is 28.7 Å². The van der Waals surface area contributed by atoms with Gasteiger partial charge in [0.2, 0.25) is 6.08 Å². The van der Waals surface area contributed by atoms with Crippen molar-refractivity contribution in [3.63, 3.8) is 0 Å². The Morgan fingerprint density at radius 2 is 1.68 bits per heavy atom. The Balaban J connectivity index is 2.08. The molecule has 8 heteroatoms. The van der Waals surface area contributed by atoms with Crippen LogP contribution in [-0.4, -0.2) is 26.7 Å². The van der Waals surface area contributed by atoms with E-state index in [1.807, 2.05) is 9.97 Å². The lowest BCUT2D eigenvalue weighted by Crippen LogP contribution is -2.44. The molecule has 1 aliphatic carbocycles. The molecule has 2 rings (SSSR count). The van der Waals surface area contributed by atoms with Gasteiger partial charge in [0.15, 0.2) is 0 Å². The first-order valence-electron chi connectivity index (χ1n) is 6.10. The summed E-state index contributed by atoms with van der Waals surface area (Å²) in [4.78, 5) is 51.8. The number of nitrogens with one attached hydrogen (secondary N) is 2. The van der Waals surface area contributed by atoms with Crippen LogP contribution in [0.15, 0.2) is 19.4 Å². The van der Waals surface area contributed by atoms with Gasteiger partial charge in [-0.2, -0.15) is 0 Å². The number of aromatic nitrogens is 3. The van der Waals surface area contributed by atoms with Gasteiger partial charge in [0.05, 0.1) is 6.04 Å². The molecule has 1 saturated carbocycles. The van der Waals surface area contributed by atoms with Crippen LogP contribution in [0.25, 0.3) is 0 Å². The minimum atomic E-state index is -0.796. The number of H-pyrrole nitrogens is 2. The third-order valence-electron chi connectivity index (χ3n) is 3.42. The van der Waals surface area contributed by atoms with Crippen molar-refractivity contribution in [1.82, 2.24) is 14.5 Å². The quantitative estimate of drug-likeness (QED) is 0.545. The van der Waals surface area contributed by atoms with Crippen molar-refractivity contribution >= 4 is 6.08 Å². The molecule has 102 valence electrons. The highest BCUT2D eigenvalue weighted by Crippen LogP contribution is 2.26. The van der Waals surface area contributed by atoms with Crippen LogP contribution in [0.2, 0.25) is 0 Å². The lowest BCUT2D eigenvalue weighted by atomic mass is 9.86. The van der Waals surface area contributed by atoms with Gasteiger partial charge < -0.3 is 0 Å². The van der Waals surface area contributed by atoms with Crippen molar-refractivity contribution in [2.24, 2.45) is 10.9 Å². The Kier molecular flexibility index (Phi) is 3.91. The SMILES string of the molecule is O=C=NC1CCC(Cn2c(=O)[nH]c(=O)[nH]c2=O)CC1. The van der Waals surface area contributed by atoms with E-state index in [1.165, 1.54) is 0 Å². The van der Waals surface area contributed by atoms with Crippen molar-refractivity contribution in [1.29, 1.82) is 0 Å². The zero-order valence-corrected chi connectivity index (χ0v) is 10.2. The summed E-state index contributed by atoms with van der Waals surface area (Å²) in [6.07, 6.45) is 4.60. The van der Waals surface area contributed by atoms with E-state index >= 15 is 0 Å². The van der Waals surface area contributed by atoms with E-state index in [0.29, 0.717) is 0 Å². The minimum absolute atomic E-state index is 0.000614. The second kappa shape index (κ2) is 5.62. The monoisotopic (exact) mass is 266 g/mol. The van der Waals surface area contributed by atoms with Crippen LogP contribution in [0, 0.1) is 5.92 Å². The van der Waals surface area contributed by atoms with E-state index in [2.05, 4.69) is 4.99 Å². The molecule has 2 N–H and O–H groups in total. The van der Waals surface area contributed by atoms with Crippen molar-refractivity contribution < 1.29 is 4.79 Å². The van der Waals surface area contributed by atoms with Crippen molar-refractivity contribution in [3.05, 3.63) is 31.5 Å². The van der Waals surface area contributed by atoms with Gasteiger partial charge in [0.25, 0.3) is 0 Å². The number of hydrogen-bond donors (Lipinski definition) is 2. The Morgan fingerprint density at radius 3 is 2.21 bits per heavy atom. The van der Waals surface area contributed by atoms with Gasteiger partial charge in [-0.05, 0) is 31.6 Å². The molecule has 1 fully saturated rings. The Bertz CT molecular complexity index is 622. The highest BCUT2D eigenvalue weighted by atomic mass is 16.2. The molecule has 1 aliphatic rings. The maximum absolute atomic E-state index is 11.5. The summed E-state index contributed by atoms with van der Waals surface area (Å²) in [5.41, 5.74) is -2.18. The molecule has 8 nitrogen and oxygen atoms in total. The number of nitrogens with zero attached hydrogens (tertiary/aromatic N) is 2. The molecule has 0 aliphatic heterocycles. The third-order valence-corrected chi connectivity index (χ3v) is 3.42. The average Bonchev–Trinajstić information content (AvgIpc) is 2.36. The van der Waals surface area contributed by atoms with E-state index in [1.54, 1.807) is 6.08 Å². The minimum Gasteiger partial charge on any atom is -0.259 e. The maximum atomic E-state index is 11.5. The van der Waals surface area contributed by atoms with Crippen molar-refractivity contribution in [2.45, 2.75) is 38.3 Å². The maximum Gasteiger partial charge on any atom is 0.333 e. The standard InChI is InChI=1S/C11H14N4O4/c16-6-12-8-3-1-7(2-4-8)5-15-10(18)13-9(17)14-11(15)19/h7-8H,1-5H2,(H2,13,14,17,18,19). The number of rotatable bonds is 3. The molecule has 1 aromatic heterocycles. The number of aliphatic imine (C=N–C) groups is 1. The fraction of sp³-hybridized carbons (Fsp3) is 0.636. The first-order chi connectivity index (χ1) is 9.10. The Labute approximate surface area is 107 Å². The summed E-state index contributed by atoms with van der Waals surface area (Å²) in [5.74, 6) is 0.169. The fourth-order valence-electron chi connectivity index (χ4n) is 2.41. The van der Waals surface area contributed by atoms with Crippen LogP contribution >= 0.6 is 0 Å². The molecule has 0 saturated heterocycles. The van der Waals surface area contributed by atoms with Crippen LogP contribution in [0.5, 0.6) is 0 Å². The highest BCUT2D eigenvalue weighted by molar-refractivity contribution is 5.33. The zero-order valence-electron chi connectivity index (χ0n) is 10.2. The predicted octanol–water partition coefficient (Wildman–Crippen LogP) is -0.880. The van der Waals surface area contributed by atoms with Crippen LogP contribution in [0.1, 0.15) is 25.7 Å². The summed E-state index contributed by atoms with van der Waals surface area (Å²) < 4.78 is 0.995. The number of carbonyl (C=O) groups excluding carboxylic acids is 1. The van der Waals surface area contributed by atoms with Crippen LogP contribution in [0.3, 0.4) is 0 Å². The molecule has 0 atom stereocenters. The molecule has 0 radical (unpaired) electrons. The largest absolute Gasteiger partial charge is 0.333 e. The van der Waals surface area contributed by atoms with E-state index in [-0.39, 0.29) is 18.5 Å². The van der Waals surface area contributed by atoms with Gasteiger partial charge >= 0.3 is 17.1 Å². The van der Waals surface area contributed by atoms with Gasteiger partial charge in [0, 0.05) is 6.54 Å². The Hall–Kier alpha value is -2.21. The number of aromatic amines is 2. The van der Waals surface area contributed by atoms with Crippen LogP contribution < -0.4 is 17.1 Å². The smallest absolute Gasteiger partial charge is 0.259 e. The fourth-order valence-corrected chi connectivity index (χ4v) is 2.41. The van der Waals surface area contributed by atoms with Crippen molar-refractivity contribution in [3.8, 4) is 0 Å². The van der Waals surface area contributed by atoms with E-state index in [4.69, 9.17) is 0 Å². The highest BCUT2D eigenvalue weighted by Gasteiger charge is 2.22. The van der Waals surface area contributed by atoms with E-state index in [9.17, 15) is 19.2 Å². The summed E-state index contributed by atoms with van der Waals surface area (Å²) in [6, 6.07) is -0.000614. The molecule has 0 aromatic carbocycles. The first-order valence-corrected chi connectivity index (χ1v) is 6.10. The zero-order chi connectivity index (χ0) is 13.8. The molecule has 1 heterocycles. The molecule has 0 bridgehead atoms. The summed E-state index contributed by atoms with van der Waals surface area (Å²) in [5, 5.41) is 0. The number of isocyanates is 1. The van der Waals surface area contributed by atoms with E-state index in [0.717, 1.165) is 30.3 Å². The first kappa shape index (κ1) is 13.2. The van der Waals surface area contributed by atoms with Crippen molar-refractivity contribution in [2.75, 3.05) is 0 Å². The van der Waals surface area contributed by atoms with Crippen LogP contribution in [-0.2, 0) is 11.3 Å². The molecule has 0 unspecified atom stereocenters. The lowest BCUT2D eigenvalue weighted by molar-refractivity contribution is 0.287. The predicted molar refractivity (Wildman–Crippen MR) is 65.8 cm³/mol. The third kappa shape index (κ3) is 3.17. The van der Waals surface area contributed by atoms with Gasteiger partial charge in [0.1, 0.15) is 0 Å². The topological polar surface area (TPSA) is 117 Å². The Morgan fingerprint density at radius 1 is 1.11 bits per heavy atom. The molecular weight excluding hydrogens is 252 g/mol. The van der Waals surface area contributed by atoms with E-state index < -0.39 is 17.1 Å². The molecule has 19 heavy (non-hydrogen) atoms.